The van der Waals surface area contributed by atoms with Gasteiger partial charge in [-0.05, 0) is 18.4 Å². The number of carbonyl (C=O) groups excluding carboxylic acids is 1. The van der Waals surface area contributed by atoms with Gasteiger partial charge in [-0.25, -0.2) is 4.98 Å². The first-order valence-corrected chi connectivity index (χ1v) is 7.03. The van der Waals surface area contributed by atoms with Crippen LogP contribution in [0.5, 0.6) is 0 Å². The molecule has 2 heterocycles. The fourth-order valence-electron chi connectivity index (χ4n) is 1.56. The van der Waals surface area contributed by atoms with Crippen molar-refractivity contribution in [1.29, 1.82) is 0 Å². The number of aromatic nitrogens is 1. The number of Topliss-reactive ketones (excluding diaryl/α,β-unsaturated/α-hetero) is 1. The van der Waals surface area contributed by atoms with Crippen molar-refractivity contribution in [2.24, 2.45) is 0 Å². The molecule has 2 aromatic heterocycles. The average molecular weight is 267 g/mol. The third kappa shape index (κ3) is 3.00. The Labute approximate surface area is 108 Å². The second kappa shape index (κ2) is 5.53. The van der Waals surface area contributed by atoms with E-state index < -0.39 is 0 Å². The summed E-state index contributed by atoms with van der Waals surface area (Å²) in [6, 6.07) is 3.71. The van der Waals surface area contributed by atoms with Gasteiger partial charge in [0.05, 0.1) is 17.0 Å². The molecular weight excluding hydrogens is 254 g/mol. The molecule has 0 aromatic carbocycles. The van der Waals surface area contributed by atoms with E-state index in [0.29, 0.717) is 12.8 Å². The van der Waals surface area contributed by atoms with Gasteiger partial charge in [0.1, 0.15) is 5.01 Å². The topological polar surface area (TPSA) is 50.2 Å². The molecule has 2 aromatic rings. The minimum Gasteiger partial charge on any atom is -0.396 e. The monoisotopic (exact) mass is 267 g/mol. The third-order valence-corrected chi connectivity index (χ3v) is 4.51. The van der Waals surface area contributed by atoms with Crippen LogP contribution in [0, 0.1) is 6.92 Å². The van der Waals surface area contributed by atoms with Crippen LogP contribution in [-0.2, 0) is 12.8 Å². The summed E-state index contributed by atoms with van der Waals surface area (Å²) < 4.78 is 0. The van der Waals surface area contributed by atoms with Crippen molar-refractivity contribution < 1.29 is 9.90 Å². The van der Waals surface area contributed by atoms with Crippen LogP contribution in [-0.4, -0.2) is 22.5 Å². The van der Waals surface area contributed by atoms with Crippen molar-refractivity contribution in [3.8, 4) is 0 Å². The lowest BCUT2D eigenvalue weighted by Crippen LogP contribution is -2.00. The maximum Gasteiger partial charge on any atom is 0.179 e. The largest absolute Gasteiger partial charge is 0.396 e. The molecule has 0 unspecified atom stereocenters. The van der Waals surface area contributed by atoms with E-state index in [1.807, 2.05) is 24.4 Å². The number of aliphatic hydroxyl groups is 1. The van der Waals surface area contributed by atoms with Gasteiger partial charge in [0.2, 0.25) is 0 Å². The maximum atomic E-state index is 11.9. The Hall–Kier alpha value is -1.04. The Bertz CT molecular complexity index is 503. The lowest BCUT2D eigenvalue weighted by atomic mass is 10.2. The van der Waals surface area contributed by atoms with Crippen LogP contribution in [0.3, 0.4) is 0 Å². The second-order valence-electron chi connectivity index (χ2n) is 3.67. The Balaban J connectivity index is 2.09. The lowest BCUT2D eigenvalue weighted by Gasteiger charge is -1.93. The second-order valence-corrected chi connectivity index (χ2v) is 5.78. The summed E-state index contributed by atoms with van der Waals surface area (Å²) in [6.45, 7) is 2.04. The first-order chi connectivity index (χ1) is 8.20. The summed E-state index contributed by atoms with van der Waals surface area (Å²) in [4.78, 5) is 18.1. The summed E-state index contributed by atoms with van der Waals surface area (Å²) >= 11 is 2.98. The molecular formula is C12H13NO2S2. The highest BCUT2D eigenvalue weighted by atomic mass is 32.1. The normalized spacial score (nSPS) is 10.7. The first kappa shape index (κ1) is 12.4. The number of rotatable bonds is 5. The van der Waals surface area contributed by atoms with Crippen LogP contribution in [0.4, 0.5) is 0 Å². The number of hydrogen-bond acceptors (Lipinski definition) is 5. The average Bonchev–Trinajstić information content (AvgIpc) is 2.90. The third-order valence-electron chi connectivity index (χ3n) is 2.38. The van der Waals surface area contributed by atoms with E-state index in [4.69, 9.17) is 5.11 Å². The van der Waals surface area contributed by atoms with Gasteiger partial charge in [-0.1, -0.05) is 6.07 Å². The molecule has 0 atom stereocenters. The Morgan fingerprint density at radius 1 is 1.53 bits per heavy atom. The van der Waals surface area contributed by atoms with Crippen LogP contribution in [0.2, 0.25) is 0 Å². The minimum absolute atomic E-state index is 0.115. The first-order valence-electron chi connectivity index (χ1n) is 5.33. The molecule has 0 aliphatic carbocycles. The van der Waals surface area contributed by atoms with Crippen LogP contribution < -0.4 is 0 Å². The van der Waals surface area contributed by atoms with Crippen LogP contribution in [0.1, 0.15) is 25.3 Å². The number of thiophene rings is 1. The van der Waals surface area contributed by atoms with E-state index in [0.717, 1.165) is 20.5 Å². The molecule has 2 rings (SSSR count). The molecule has 5 heteroatoms. The van der Waals surface area contributed by atoms with E-state index in [1.165, 1.54) is 22.7 Å². The van der Waals surface area contributed by atoms with Crippen molar-refractivity contribution in [2.75, 3.05) is 6.61 Å². The molecule has 0 aliphatic rings. The highest BCUT2D eigenvalue weighted by Gasteiger charge is 2.13. The van der Waals surface area contributed by atoms with Crippen molar-refractivity contribution in [3.63, 3.8) is 0 Å². The predicted molar refractivity (Wildman–Crippen MR) is 70.0 cm³/mol. The summed E-state index contributed by atoms with van der Waals surface area (Å²) in [5.41, 5.74) is 0.929. The maximum absolute atomic E-state index is 11.9. The predicted octanol–water partition coefficient (Wildman–Crippen LogP) is 2.47. The zero-order chi connectivity index (χ0) is 12.3. The minimum atomic E-state index is 0.115. The molecule has 17 heavy (non-hydrogen) atoms. The van der Waals surface area contributed by atoms with E-state index in [2.05, 4.69) is 4.98 Å². The van der Waals surface area contributed by atoms with E-state index >= 15 is 0 Å². The zero-order valence-electron chi connectivity index (χ0n) is 9.47. The van der Waals surface area contributed by atoms with Crippen molar-refractivity contribution in [1.82, 2.24) is 4.98 Å². The number of aliphatic hydroxyl groups excluding tert-OH is 1. The van der Waals surface area contributed by atoms with Crippen molar-refractivity contribution in [2.45, 2.75) is 19.8 Å². The standard InChI is InChI=1S/C12H13NO2S2/c1-8-10(4-5-14)17-12(13-8)7-9(15)11-3-2-6-16-11/h2-3,6,14H,4-5,7H2,1H3. The summed E-state index contributed by atoms with van der Waals surface area (Å²) in [7, 11) is 0. The highest BCUT2D eigenvalue weighted by molar-refractivity contribution is 7.13. The summed E-state index contributed by atoms with van der Waals surface area (Å²) in [6.07, 6.45) is 0.980. The van der Waals surface area contributed by atoms with Gasteiger partial charge in [-0.15, -0.1) is 22.7 Å². The van der Waals surface area contributed by atoms with E-state index in [1.54, 1.807) is 0 Å². The number of aryl methyl sites for hydroxylation is 1. The molecule has 0 spiro atoms. The zero-order valence-corrected chi connectivity index (χ0v) is 11.1. The Morgan fingerprint density at radius 3 is 3.00 bits per heavy atom. The van der Waals surface area contributed by atoms with Crippen LogP contribution >= 0.6 is 22.7 Å². The molecule has 0 amide bonds. The SMILES string of the molecule is Cc1nc(CC(=O)c2cccs2)sc1CCO. The lowest BCUT2D eigenvalue weighted by molar-refractivity contribution is 0.0997. The molecule has 3 nitrogen and oxygen atoms in total. The van der Waals surface area contributed by atoms with Crippen molar-refractivity contribution >= 4 is 28.5 Å². The number of thiazole rings is 1. The Kier molecular flexibility index (Phi) is 4.04. The molecule has 0 bridgehead atoms. The Morgan fingerprint density at radius 2 is 2.35 bits per heavy atom. The van der Waals surface area contributed by atoms with Gasteiger partial charge in [0.15, 0.2) is 5.78 Å². The summed E-state index contributed by atoms with van der Waals surface area (Å²) in [5.74, 6) is 0.115. The highest BCUT2D eigenvalue weighted by Crippen LogP contribution is 2.21. The van der Waals surface area contributed by atoms with E-state index in [9.17, 15) is 4.79 Å². The van der Waals surface area contributed by atoms with Gasteiger partial charge < -0.3 is 5.11 Å². The quantitative estimate of drug-likeness (QED) is 0.847. The molecule has 1 N–H and O–H groups in total. The molecule has 90 valence electrons. The van der Waals surface area contributed by atoms with Gasteiger partial charge in [0, 0.05) is 17.9 Å². The smallest absolute Gasteiger partial charge is 0.179 e. The molecule has 0 saturated heterocycles. The molecule has 0 aliphatic heterocycles. The number of hydrogen-bond donors (Lipinski definition) is 1. The van der Waals surface area contributed by atoms with Gasteiger partial charge in [-0.3, -0.25) is 4.79 Å². The van der Waals surface area contributed by atoms with Gasteiger partial charge in [-0.2, -0.15) is 0 Å². The fraction of sp³-hybridized carbons (Fsp3) is 0.333. The van der Waals surface area contributed by atoms with E-state index in [-0.39, 0.29) is 12.4 Å². The number of nitrogens with zero attached hydrogens (tertiary/aromatic N) is 1. The number of carbonyl (C=O) groups is 1. The van der Waals surface area contributed by atoms with Crippen LogP contribution in [0.15, 0.2) is 17.5 Å². The fourth-order valence-corrected chi connectivity index (χ4v) is 3.28. The molecule has 0 saturated carbocycles. The van der Waals surface area contributed by atoms with Crippen LogP contribution in [0.25, 0.3) is 0 Å². The molecule has 0 fully saturated rings. The summed E-state index contributed by atoms with van der Waals surface area (Å²) in [5, 5.41) is 11.6. The van der Waals surface area contributed by atoms with Gasteiger partial charge >= 0.3 is 0 Å². The van der Waals surface area contributed by atoms with Crippen molar-refractivity contribution in [3.05, 3.63) is 38.0 Å². The van der Waals surface area contributed by atoms with Gasteiger partial charge in [0.25, 0.3) is 0 Å². The number of ketones is 1. The molecule has 0 radical (unpaired) electrons.